The number of rotatable bonds is 4. The molecule has 0 amide bonds. The van der Waals surface area contributed by atoms with E-state index >= 15 is 0 Å². The third-order valence-corrected chi connectivity index (χ3v) is 4.11. The molecule has 1 N–H and O–H groups in total. The first kappa shape index (κ1) is 13.8. The topological polar surface area (TPSA) is 55.2 Å². The van der Waals surface area contributed by atoms with E-state index in [4.69, 9.17) is 0 Å². The maximum Gasteiger partial charge on any atom is 0.292 e. The Morgan fingerprint density at radius 1 is 1.21 bits per heavy atom. The van der Waals surface area contributed by atoms with Gasteiger partial charge in [0.25, 0.3) is 5.69 Å². The Morgan fingerprint density at radius 3 is 2.47 bits per heavy atom. The number of hydrogen-bond acceptors (Lipinski definition) is 3. The molecule has 2 rings (SSSR count). The maximum absolute atomic E-state index is 11.1. The fourth-order valence-corrected chi connectivity index (χ4v) is 2.74. The lowest BCUT2D eigenvalue weighted by Gasteiger charge is -2.22. The van der Waals surface area contributed by atoms with Crippen LogP contribution < -0.4 is 5.32 Å². The van der Waals surface area contributed by atoms with Crippen molar-refractivity contribution in [2.75, 3.05) is 11.9 Å². The summed E-state index contributed by atoms with van der Waals surface area (Å²) in [5, 5.41) is 14.4. The molecule has 0 saturated heterocycles. The zero-order valence-corrected chi connectivity index (χ0v) is 11.7. The van der Waals surface area contributed by atoms with E-state index in [-0.39, 0.29) is 10.6 Å². The molecular weight excluding hydrogens is 240 g/mol. The number of nitro groups is 1. The van der Waals surface area contributed by atoms with Crippen LogP contribution in [0.4, 0.5) is 11.4 Å². The van der Waals surface area contributed by atoms with Crippen molar-refractivity contribution in [1.82, 2.24) is 0 Å². The fourth-order valence-electron chi connectivity index (χ4n) is 2.74. The van der Waals surface area contributed by atoms with Gasteiger partial charge in [0.15, 0.2) is 0 Å². The van der Waals surface area contributed by atoms with E-state index in [1.54, 1.807) is 6.07 Å². The van der Waals surface area contributed by atoms with Gasteiger partial charge in [-0.25, -0.2) is 0 Å². The molecule has 0 unspecified atom stereocenters. The van der Waals surface area contributed by atoms with Crippen LogP contribution in [0.15, 0.2) is 12.1 Å². The highest BCUT2D eigenvalue weighted by Crippen LogP contribution is 2.29. The van der Waals surface area contributed by atoms with E-state index < -0.39 is 0 Å². The van der Waals surface area contributed by atoms with E-state index in [0.29, 0.717) is 11.6 Å². The van der Waals surface area contributed by atoms with Gasteiger partial charge in [-0.2, -0.15) is 0 Å². The summed E-state index contributed by atoms with van der Waals surface area (Å²) < 4.78 is 0. The van der Waals surface area contributed by atoms with Crippen LogP contribution in [0.2, 0.25) is 0 Å². The smallest absolute Gasteiger partial charge is 0.292 e. The highest BCUT2D eigenvalue weighted by molar-refractivity contribution is 5.64. The summed E-state index contributed by atoms with van der Waals surface area (Å²) in [4.78, 5) is 10.8. The van der Waals surface area contributed by atoms with Gasteiger partial charge in [0, 0.05) is 12.6 Å². The molecule has 1 aliphatic rings. The van der Waals surface area contributed by atoms with Gasteiger partial charge < -0.3 is 5.32 Å². The molecule has 0 bridgehead atoms. The predicted octanol–water partition coefficient (Wildman–Crippen LogP) is 4.20. The quantitative estimate of drug-likeness (QED) is 0.653. The molecule has 0 heterocycles. The molecule has 1 saturated carbocycles. The minimum Gasteiger partial charge on any atom is -0.379 e. The Morgan fingerprint density at radius 2 is 1.84 bits per heavy atom. The van der Waals surface area contributed by atoms with Gasteiger partial charge in [-0.3, -0.25) is 10.1 Å². The third-order valence-electron chi connectivity index (χ3n) is 4.11. The second kappa shape index (κ2) is 6.04. The van der Waals surface area contributed by atoms with Crippen LogP contribution >= 0.6 is 0 Å². The lowest BCUT2D eigenvalue weighted by atomic mass is 9.89. The second-order valence-corrected chi connectivity index (χ2v) is 5.60. The summed E-state index contributed by atoms with van der Waals surface area (Å²) in [6.07, 6.45) is 6.40. The van der Waals surface area contributed by atoms with Crippen LogP contribution in [-0.4, -0.2) is 11.5 Å². The lowest BCUT2D eigenvalue weighted by Crippen LogP contribution is -2.17. The summed E-state index contributed by atoms with van der Waals surface area (Å²) in [6, 6.07) is 3.56. The standard InChI is InChI=1S/C15H22N2O2/c1-11-8-14(15(17(18)19)9-12(11)2)16-10-13-6-4-3-5-7-13/h8-9,13,16H,3-7,10H2,1-2H3. The van der Waals surface area contributed by atoms with Crippen LogP contribution in [0.1, 0.15) is 43.2 Å². The molecule has 0 spiro atoms. The minimum atomic E-state index is -0.296. The Balaban J connectivity index is 2.09. The Bertz CT molecular complexity index is 465. The molecule has 1 fully saturated rings. The van der Waals surface area contributed by atoms with Crippen molar-refractivity contribution in [3.8, 4) is 0 Å². The van der Waals surface area contributed by atoms with Gasteiger partial charge in [-0.1, -0.05) is 19.3 Å². The molecule has 0 atom stereocenters. The van der Waals surface area contributed by atoms with Gasteiger partial charge in [-0.15, -0.1) is 0 Å². The average Bonchev–Trinajstić information content (AvgIpc) is 2.40. The summed E-state index contributed by atoms with van der Waals surface area (Å²) >= 11 is 0. The maximum atomic E-state index is 11.1. The zero-order valence-electron chi connectivity index (χ0n) is 11.7. The van der Waals surface area contributed by atoms with Crippen molar-refractivity contribution in [1.29, 1.82) is 0 Å². The van der Waals surface area contributed by atoms with Crippen molar-refractivity contribution in [2.45, 2.75) is 46.0 Å². The van der Waals surface area contributed by atoms with Crippen molar-refractivity contribution < 1.29 is 4.92 Å². The SMILES string of the molecule is Cc1cc(NCC2CCCCC2)c([N+](=O)[O-])cc1C. The van der Waals surface area contributed by atoms with Gasteiger partial charge in [0.2, 0.25) is 0 Å². The molecule has 0 aliphatic heterocycles. The first-order valence-corrected chi connectivity index (χ1v) is 7.07. The number of aryl methyl sites for hydroxylation is 2. The molecule has 1 aromatic rings. The summed E-state index contributed by atoms with van der Waals surface area (Å²) in [5.41, 5.74) is 2.92. The molecule has 0 aromatic heterocycles. The van der Waals surface area contributed by atoms with Crippen molar-refractivity contribution in [2.24, 2.45) is 5.92 Å². The number of hydrogen-bond donors (Lipinski definition) is 1. The number of benzene rings is 1. The van der Waals surface area contributed by atoms with Gasteiger partial charge in [-0.05, 0) is 49.8 Å². The number of anilines is 1. The largest absolute Gasteiger partial charge is 0.379 e. The average molecular weight is 262 g/mol. The van der Waals surface area contributed by atoms with E-state index in [1.165, 1.54) is 32.1 Å². The molecule has 4 nitrogen and oxygen atoms in total. The third kappa shape index (κ3) is 3.46. The number of nitrogens with zero attached hydrogens (tertiary/aromatic N) is 1. The molecule has 1 aromatic carbocycles. The minimum absolute atomic E-state index is 0.193. The number of nitrogens with one attached hydrogen (secondary N) is 1. The molecule has 104 valence electrons. The predicted molar refractivity (Wildman–Crippen MR) is 77.6 cm³/mol. The Kier molecular flexibility index (Phi) is 4.40. The van der Waals surface area contributed by atoms with Crippen LogP contribution in [0.3, 0.4) is 0 Å². The molecule has 0 radical (unpaired) electrons. The highest BCUT2D eigenvalue weighted by atomic mass is 16.6. The van der Waals surface area contributed by atoms with Crippen LogP contribution in [-0.2, 0) is 0 Å². The lowest BCUT2D eigenvalue weighted by molar-refractivity contribution is -0.384. The Labute approximate surface area is 114 Å². The van der Waals surface area contributed by atoms with Gasteiger partial charge >= 0.3 is 0 Å². The van der Waals surface area contributed by atoms with E-state index in [2.05, 4.69) is 5.32 Å². The highest BCUT2D eigenvalue weighted by Gasteiger charge is 2.18. The van der Waals surface area contributed by atoms with Crippen molar-refractivity contribution in [3.05, 3.63) is 33.4 Å². The first-order valence-electron chi connectivity index (χ1n) is 7.07. The van der Waals surface area contributed by atoms with E-state index in [1.807, 2.05) is 19.9 Å². The second-order valence-electron chi connectivity index (χ2n) is 5.60. The van der Waals surface area contributed by atoms with E-state index in [9.17, 15) is 10.1 Å². The van der Waals surface area contributed by atoms with Gasteiger partial charge in [0.05, 0.1) is 4.92 Å². The van der Waals surface area contributed by atoms with Gasteiger partial charge in [0.1, 0.15) is 5.69 Å². The summed E-state index contributed by atoms with van der Waals surface area (Å²) in [7, 11) is 0. The van der Waals surface area contributed by atoms with Crippen LogP contribution in [0.5, 0.6) is 0 Å². The summed E-state index contributed by atoms with van der Waals surface area (Å²) in [6.45, 7) is 4.75. The molecule has 1 aliphatic carbocycles. The first-order chi connectivity index (χ1) is 9.08. The van der Waals surface area contributed by atoms with Crippen LogP contribution in [0, 0.1) is 29.9 Å². The normalized spacial score (nSPS) is 16.3. The van der Waals surface area contributed by atoms with Crippen molar-refractivity contribution in [3.63, 3.8) is 0 Å². The fraction of sp³-hybridized carbons (Fsp3) is 0.600. The summed E-state index contributed by atoms with van der Waals surface area (Å²) in [5.74, 6) is 0.662. The Hall–Kier alpha value is -1.58. The molecular formula is C15H22N2O2. The monoisotopic (exact) mass is 262 g/mol. The van der Waals surface area contributed by atoms with Crippen molar-refractivity contribution >= 4 is 11.4 Å². The van der Waals surface area contributed by atoms with E-state index in [0.717, 1.165) is 17.7 Å². The molecule has 19 heavy (non-hydrogen) atoms. The molecule has 4 heteroatoms. The zero-order chi connectivity index (χ0) is 13.8. The van der Waals surface area contributed by atoms with Crippen LogP contribution in [0.25, 0.3) is 0 Å². The number of nitro benzene ring substituents is 1.